The normalized spacial score (nSPS) is 12.8. The van der Waals surface area contributed by atoms with Gasteiger partial charge in [-0.2, -0.15) is 0 Å². The van der Waals surface area contributed by atoms with E-state index in [1.54, 1.807) is 24.3 Å². The molecule has 0 spiro atoms. The predicted octanol–water partition coefficient (Wildman–Crippen LogP) is 1.91. The smallest absolute Gasteiger partial charge is 0.198 e. The number of nitrogens with one attached hydrogen (secondary N) is 1. The van der Waals surface area contributed by atoms with Gasteiger partial charge in [0, 0.05) is 24.2 Å². The zero-order valence-electron chi connectivity index (χ0n) is 10.6. The highest BCUT2D eigenvalue weighted by molar-refractivity contribution is 6.31. The summed E-state index contributed by atoms with van der Waals surface area (Å²) >= 11 is 0. The molecule has 0 saturated carbocycles. The second kappa shape index (κ2) is 4.09. The highest BCUT2D eigenvalue weighted by Crippen LogP contribution is 2.41. The topological polar surface area (TPSA) is 86.6 Å². The maximum absolute atomic E-state index is 12.5. The molecule has 0 atom stereocenters. The summed E-state index contributed by atoms with van der Waals surface area (Å²) < 4.78 is 0. The van der Waals surface area contributed by atoms with E-state index in [-0.39, 0.29) is 33.7 Å². The van der Waals surface area contributed by atoms with Gasteiger partial charge in [-0.05, 0) is 0 Å². The first kappa shape index (κ1) is 12.2. The summed E-state index contributed by atoms with van der Waals surface area (Å²) in [4.78, 5) is 25.0. The molecule has 0 fully saturated rings. The molecule has 100 valence electrons. The van der Waals surface area contributed by atoms with E-state index < -0.39 is 17.3 Å². The maximum Gasteiger partial charge on any atom is 0.198 e. The first-order valence-electron chi connectivity index (χ1n) is 6.01. The number of fused-ring (bicyclic) bond motifs is 2. The van der Waals surface area contributed by atoms with Crippen LogP contribution in [-0.4, -0.2) is 28.8 Å². The number of hydrogen-bond donors (Lipinski definition) is 3. The van der Waals surface area contributed by atoms with E-state index in [9.17, 15) is 19.8 Å². The van der Waals surface area contributed by atoms with Crippen molar-refractivity contribution in [2.24, 2.45) is 0 Å². The van der Waals surface area contributed by atoms with Crippen molar-refractivity contribution in [1.82, 2.24) is 0 Å². The Morgan fingerprint density at radius 1 is 0.900 bits per heavy atom. The average Bonchev–Trinajstić information content (AvgIpc) is 2.44. The van der Waals surface area contributed by atoms with E-state index in [1.165, 1.54) is 7.05 Å². The Bertz CT molecular complexity index is 765. The van der Waals surface area contributed by atoms with Crippen molar-refractivity contribution in [3.8, 4) is 11.5 Å². The molecule has 0 amide bonds. The predicted molar refractivity (Wildman–Crippen MR) is 72.6 cm³/mol. The summed E-state index contributed by atoms with van der Waals surface area (Å²) in [6.45, 7) is 0. The fourth-order valence-electron chi connectivity index (χ4n) is 2.51. The number of ketones is 2. The van der Waals surface area contributed by atoms with Gasteiger partial charge in [0.2, 0.25) is 0 Å². The standard InChI is InChI=1S/C15H11NO4/c1-16-13-10(18)6-9(17)11-12(13)15(20)8-5-3-2-4-7(8)14(11)19/h2-6,16-18H,1H3. The Morgan fingerprint density at radius 3 is 2.00 bits per heavy atom. The van der Waals surface area contributed by atoms with E-state index in [0.717, 1.165) is 6.07 Å². The Kier molecular flexibility index (Phi) is 2.50. The summed E-state index contributed by atoms with van der Waals surface area (Å²) in [5.41, 5.74) is 0.606. The summed E-state index contributed by atoms with van der Waals surface area (Å²) in [6, 6.07) is 7.48. The molecule has 5 nitrogen and oxygen atoms in total. The van der Waals surface area contributed by atoms with Crippen molar-refractivity contribution >= 4 is 17.3 Å². The molecule has 3 N–H and O–H groups in total. The van der Waals surface area contributed by atoms with Gasteiger partial charge in [0.25, 0.3) is 0 Å². The monoisotopic (exact) mass is 269 g/mol. The number of phenolic OH excluding ortho intramolecular Hbond substituents is 2. The highest BCUT2D eigenvalue weighted by Gasteiger charge is 2.35. The molecule has 0 bridgehead atoms. The number of benzene rings is 2. The third-order valence-electron chi connectivity index (χ3n) is 3.41. The highest BCUT2D eigenvalue weighted by atomic mass is 16.3. The van der Waals surface area contributed by atoms with Gasteiger partial charge in [-0.1, -0.05) is 24.3 Å². The quantitative estimate of drug-likeness (QED) is 0.464. The number of anilines is 1. The molecule has 0 aromatic heterocycles. The van der Waals surface area contributed by atoms with Crippen LogP contribution in [0.3, 0.4) is 0 Å². The van der Waals surface area contributed by atoms with E-state index in [1.807, 2.05) is 0 Å². The van der Waals surface area contributed by atoms with Crippen LogP contribution < -0.4 is 5.32 Å². The SMILES string of the molecule is CNc1c(O)cc(O)c2c1C(=O)c1ccccc1C2=O. The molecule has 1 aliphatic carbocycles. The maximum atomic E-state index is 12.5. The van der Waals surface area contributed by atoms with Gasteiger partial charge >= 0.3 is 0 Å². The van der Waals surface area contributed by atoms with Gasteiger partial charge in [-0.3, -0.25) is 9.59 Å². The number of carbonyl (C=O) groups excluding carboxylic acids is 2. The number of carbonyl (C=O) groups is 2. The lowest BCUT2D eigenvalue weighted by molar-refractivity contribution is 0.0977. The molecule has 0 radical (unpaired) electrons. The molecule has 2 aromatic carbocycles. The van der Waals surface area contributed by atoms with Crippen molar-refractivity contribution in [1.29, 1.82) is 0 Å². The minimum atomic E-state index is -0.427. The summed E-state index contributed by atoms with van der Waals surface area (Å²) in [5.74, 6) is -1.50. The van der Waals surface area contributed by atoms with Crippen LogP contribution in [0.5, 0.6) is 11.5 Å². The number of phenols is 2. The van der Waals surface area contributed by atoms with Gasteiger partial charge in [0.15, 0.2) is 11.6 Å². The van der Waals surface area contributed by atoms with Crippen LogP contribution in [0.4, 0.5) is 5.69 Å². The van der Waals surface area contributed by atoms with E-state index in [2.05, 4.69) is 5.32 Å². The fraction of sp³-hybridized carbons (Fsp3) is 0.0667. The van der Waals surface area contributed by atoms with Crippen molar-refractivity contribution in [2.45, 2.75) is 0 Å². The van der Waals surface area contributed by atoms with Crippen LogP contribution in [0.2, 0.25) is 0 Å². The van der Waals surface area contributed by atoms with E-state index >= 15 is 0 Å². The lowest BCUT2D eigenvalue weighted by atomic mass is 9.82. The van der Waals surface area contributed by atoms with Gasteiger partial charge in [-0.25, -0.2) is 0 Å². The Hall–Kier alpha value is -2.82. The second-order valence-corrected chi connectivity index (χ2v) is 4.49. The van der Waals surface area contributed by atoms with Crippen molar-refractivity contribution in [3.05, 3.63) is 52.6 Å². The molecule has 0 aliphatic heterocycles. The summed E-state index contributed by atoms with van der Waals surface area (Å²) in [7, 11) is 1.53. The minimum absolute atomic E-state index is 0.00806. The van der Waals surface area contributed by atoms with Gasteiger partial charge in [0.05, 0.1) is 16.8 Å². The van der Waals surface area contributed by atoms with E-state index in [0.29, 0.717) is 0 Å². The number of aromatic hydroxyl groups is 2. The van der Waals surface area contributed by atoms with Crippen molar-refractivity contribution < 1.29 is 19.8 Å². The molecule has 3 rings (SSSR count). The van der Waals surface area contributed by atoms with Gasteiger partial charge in [-0.15, -0.1) is 0 Å². The van der Waals surface area contributed by atoms with Crippen LogP contribution in [0, 0.1) is 0 Å². The molecule has 0 unspecified atom stereocenters. The molecule has 5 heteroatoms. The molecule has 0 saturated heterocycles. The van der Waals surface area contributed by atoms with Crippen molar-refractivity contribution in [2.75, 3.05) is 12.4 Å². The summed E-state index contributed by atoms with van der Waals surface area (Å²) in [6.07, 6.45) is 0. The molecule has 0 heterocycles. The number of hydrogen-bond acceptors (Lipinski definition) is 5. The van der Waals surface area contributed by atoms with E-state index in [4.69, 9.17) is 0 Å². The van der Waals surface area contributed by atoms with Crippen LogP contribution >= 0.6 is 0 Å². The molecular weight excluding hydrogens is 258 g/mol. The van der Waals surface area contributed by atoms with Crippen LogP contribution in [0.1, 0.15) is 31.8 Å². The third kappa shape index (κ3) is 1.43. The minimum Gasteiger partial charge on any atom is -0.507 e. The Balaban J connectivity index is 2.42. The molecule has 20 heavy (non-hydrogen) atoms. The first-order chi connectivity index (χ1) is 9.56. The average molecular weight is 269 g/mol. The zero-order valence-corrected chi connectivity index (χ0v) is 10.6. The summed E-state index contributed by atoms with van der Waals surface area (Å²) in [5, 5.41) is 22.4. The van der Waals surface area contributed by atoms with Crippen molar-refractivity contribution in [3.63, 3.8) is 0 Å². The number of rotatable bonds is 1. The largest absolute Gasteiger partial charge is 0.507 e. The van der Waals surface area contributed by atoms with Gasteiger partial charge < -0.3 is 15.5 Å². The molecule has 2 aromatic rings. The Morgan fingerprint density at radius 2 is 1.45 bits per heavy atom. The lowest BCUT2D eigenvalue weighted by Crippen LogP contribution is -2.22. The zero-order chi connectivity index (χ0) is 14.4. The lowest BCUT2D eigenvalue weighted by Gasteiger charge is -2.21. The van der Waals surface area contributed by atoms with Crippen LogP contribution in [-0.2, 0) is 0 Å². The second-order valence-electron chi connectivity index (χ2n) is 4.49. The fourth-order valence-corrected chi connectivity index (χ4v) is 2.51. The van der Waals surface area contributed by atoms with Crippen LogP contribution in [0.25, 0.3) is 0 Å². The third-order valence-corrected chi connectivity index (χ3v) is 3.41. The van der Waals surface area contributed by atoms with Crippen LogP contribution in [0.15, 0.2) is 30.3 Å². The molecule has 1 aliphatic rings. The molecular formula is C15H11NO4. The van der Waals surface area contributed by atoms with Gasteiger partial charge in [0.1, 0.15) is 11.5 Å². The first-order valence-corrected chi connectivity index (χ1v) is 6.01. The Labute approximate surface area is 114 Å².